The maximum atomic E-state index is 14.6. The van der Waals surface area contributed by atoms with Gasteiger partial charge < -0.3 is 26.2 Å². The zero-order valence-electron chi connectivity index (χ0n) is 30.7. The van der Waals surface area contributed by atoms with Crippen molar-refractivity contribution in [3.63, 3.8) is 0 Å². The van der Waals surface area contributed by atoms with E-state index < -0.39 is 57.8 Å². The first kappa shape index (κ1) is 39.9. The second-order valence-corrected chi connectivity index (χ2v) is 16.9. The number of rotatable bonds is 16. The van der Waals surface area contributed by atoms with E-state index in [0.29, 0.717) is 37.8 Å². The van der Waals surface area contributed by atoms with Gasteiger partial charge in [0, 0.05) is 33.4 Å². The van der Waals surface area contributed by atoms with Gasteiger partial charge in [-0.1, -0.05) is 71.1 Å². The summed E-state index contributed by atoms with van der Waals surface area (Å²) in [6.07, 6.45) is 7.31. The molecule has 0 radical (unpaired) electrons. The number of nitrogens with one attached hydrogen (secondary N) is 4. The summed E-state index contributed by atoms with van der Waals surface area (Å²) in [6, 6.07) is 0.312. The van der Waals surface area contributed by atoms with E-state index in [1.807, 2.05) is 6.92 Å². The number of piperidine rings is 1. The number of nitrogens with zero attached hydrogens (tertiary/aromatic N) is 3. The molecule has 1 unspecified atom stereocenters. The highest BCUT2D eigenvalue weighted by Gasteiger charge is 2.69. The summed E-state index contributed by atoms with van der Waals surface area (Å²) < 4.78 is 27.4. The van der Waals surface area contributed by atoms with E-state index in [-0.39, 0.29) is 40.6 Å². The molecule has 6 atom stereocenters. The number of amides is 5. The Kier molecular flexibility index (Phi) is 13.0. The van der Waals surface area contributed by atoms with Crippen LogP contribution >= 0.6 is 0 Å². The highest BCUT2D eigenvalue weighted by molar-refractivity contribution is 7.89. The number of carbonyl (C=O) groups excluding carboxylic acids is 5. The van der Waals surface area contributed by atoms with Crippen molar-refractivity contribution in [2.24, 2.45) is 23.2 Å². The topological polar surface area (TPSA) is 187 Å². The molecule has 282 valence electrons. The lowest BCUT2D eigenvalue weighted by molar-refractivity contribution is -0.144. The zero-order valence-corrected chi connectivity index (χ0v) is 31.6. The minimum absolute atomic E-state index is 0.0613. The molecule has 1 aromatic heterocycles. The molecular formula is C36H55N7O7S. The normalized spacial score (nSPS) is 23.0. The second-order valence-electron chi connectivity index (χ2n) is 14.9. The van der Waals surface area contributed by atoms with Crippen LogP contribution in [0.4, 0.5) is 4.79 Å². The van der Waals surface area contributed by atoms with Crippen LogP contribution in [0.5, 0.6) is 0 Å². The Labute approximate surface area is 302 Å². The molecule has 14 nitrogen and oxygen atoms in total. The van der Waals surface area contributed by atoms with Crippen LogP contribution in [0, 0.1) is 23.2 Å². The summed E-state index contributed by atoms with van der Waals surface area (Å²) in [5.41, 5.74) is 0.306. The molecule has 4 N–H and O–H groups in total. The average molecular weight is 730 g/mol. The number of unbranched alkanes of at least 4 members (excludes halogenated alkanes) is 1. The Morgan fingerprint density at radius 2 is 1.75 bits per heavy atom. The average Bonchev–Trinajstić information content (AvgIpc) is 3.41. The smallest absolute Gasteiger partial charge is 0.315 e. The molecule has 0 spiro atoms. The van der Waals surface area contributed by atoms with Crippen molar-refractivity contribution in [1.29, 1.82) is 0 Å². The minimum atomic E-state index is -3.95. The molecular weight excluding hydrogens is 675 g/mol. The van der Waals surface area contributed by atoms with Crippen LogP contribution in [-0.2, 0) is 29.2 Å². The number of sulfonamides is 1. The largest absolute Gasteiger partial charge is 0.353 e. The molecule has 51 heavy (non-hydrogen) atoms. The van der Waals surface area contributed by atoms with Gasteiger partial charge in [-0.05, 0) is 61.5 Å². The Balaban J connectivity index is 1.54. The standard InChI is InChI=1S/C36H55N7O7S/c1-8-9-17-25(31(44)33(46)37-6)39-32(45)30-28-24(36(28,4)5)20-43(30)34(47)29(23-15-11-10-12-16-23)41-35(48)40-26(22(2)3)21-42(7)51(49,50)27-18-13-14-19-38-27/h13-14,18-19,23-26,28-30H,2,8-12,15-17,20-21H2,1,3-7H3,(H,37,46)(H,39,45)(H2,40,41,48)/t24-,25?,26+,28-,29-,30-/m0/s1. The van der Waals surface area contributed by atoms with E-state index in [1.54, 1.807) is 24.0 Å². The number of urea groups is 1. The fraction of sp³-hybridized carbons (Fsp3) is 0.667. The number of likely N-dealkylation sites (N-methyl/N-ethyl adjacent to an activating group) is 2. The fourth-order valence-corrected chi connectivity index (χ4v) is 8.85. The Bertz CT molecular complexity index is 1580. The van der Waals surface area contributed by atoms with Gasteiger partial charge in [-0.25, -0.2) is 18.2 Å². The molecule has 1 aromatic rings. The number of likely N-dealkylation sites (tertiary alicyclic amines) is 1. The monoisotopic (exact) mass is 729 g/mol. The number of pyridine rings is 1. The van der Waals surface area contributed by atoms with Gasteiger partial charge in [-0.2, -0.15) is 4.31 Å². The van der Waals surface area contributed by atoms with Crippen LogP contribution in [-0.4, -0.2) is 103 Å². The lowest BCUT2D eigenvalue weighted by Crippen LogP contribution is -2.61. The highest BCUT2D eigenvalue weighted by atomic mass is 32.2. The molecule has 2 heterocycles. The predicted molar refractivity (Wildman–Crippen MR) is 191 cm³/mol. The van der Waals surface area contributed by atoms with Gasteiger partial charge in [0.15, 0.2) is 5.03 Å². The number of fused-ring (bicyclic) bond motifs is 1. The molecule has 2 aliphatic carbocycles. The van der Waals surface area contributed by atoms with E-state index in [1.165, 1.54) is 26.4 Å². The van der Waals surface area contributed by atoms with Crippen LogP contribution in [0.15, 0.2) is 41.6 Å². The second kappa shape index (κ2) is 16.7. The lowest BCUT2D eigenvalue weighted by atomic mass is 9.83. The Hall–Kier alpha value is -3.85. The Morgan fingerprint density at radius 1 is 1.06 bits per heavy atom. The quantitative estimate of drug-likeness (QED) is 0.148. The SMILES string of the molecule is C=C(C)[C@@H](CN(C)S(=O)(=O)c1ccccn1)NC(=O)N[C@H](C(=O)N1C[C@H]2[C@@H]([C@H]1C(=O)NC(CCCC)C(=O)C(=O)NC)C2(C)C)C1CCCCC1. The van der Waals surface area contributed by atoms with Crippen molar-refractivity contribution in [3.05, 3.63) is 36.5 Å². The van der Waals surface area contributed by atoms with E-state index >= 15 is 0 Å². The van der Waals surface area contributed by atoms with Crippen molar-refractivity contribution in [1.82, 2.24) is 35.5 Å². The summed E-state index contributed by atoms with van der Waals surface area (Å²) in [5, 5.41) is 10.8. The number of hydrogen-bond acceptors (Lipinski definition) is 8. The van der Waals surface area contributed by atoms with Gasteiger partial charge in [0.25, 0.3) is 15.9 Å². The maximum Gasteiger partial charge on any atom is 0.315 e. The van der Waals surface area contributed by atoms with Crippen molar-refractivity contribution < 1.29 is 32.4 Å². The fourth-order valence-electron chi connectivity index (χ4n) is 7.74. The number of carbonyl (C=O) groups is 5. The first-order valence-corrected chi connectivity index (χ1v) is 19.5. The van der Waals surface area contributed by atoms with Crippen LogP contribution < -0.4 is 21.3 Å². The summed E-state index contributed by atoms with van der Waals surface area (Å²) in [5.74, 6) is -2.63. The van der Waals surface area contributed by atoms with Crippen LogP contribution in [0.3, 0.4) is 0 Å². The summed E-state index contributed by atoms with van der Waals surface area (Å²) >= 11 is 0. The number of hydrogen-bond donors (Lipinski definition) is 4. The third kappa shape index (κ3) is 8.97. The summed E-state index contributed by atoms with van der Waals surface area (Å²) in [7, 11) is -1.19. The van der Waals surface area contributed by atoms with Crippen molar-refractivity contribution in [2.45, 2.75) is 108 Å². The van der Waals surface area contributed by atoms with Gasteiger partial charge in [0.05, 0.1) is 12.1 Å². The zero-order chi connectivity index (χ0) is 37.7. The Morgan fingerprint density at radius 3 is 2.33 bits per heavy atom. The van der Waals surface area contributed by atoms with Gasteiger partial charge in [-0.3, -0.25) is 19.2 Å². The van der Waals surface area contributed by atoms with Gasteiger partial charge >= 0.3 is 6.03 Å². The van der Waals surface area contributed by atoms with Crippen molar-refractivity contribution >= 4 is 39.6 Å². The van der Waals surface area contributed by atoms with E-state index in [9.17, 15) is 32.4 Å². The third-order valence-electron chi connectivity index (χ3n) is 11.0. The first-order valence-electron chi connectivity index (χ1n) is 18.0. The molecule has 15 heteroatoms. The molecule has 3 fully saturated rings. The van der Waals surface area contributed by atoms with Gasteiger partial charge in [0.2, 0.25) is 17.6 Å². The van der Waals surface area contributed by atoms with Gasteiger partial charge in [-0.15, -0.1) is 0 Å². The van der Waals surface area contributed by atoms with Crippen LogP contribution in [0.1, 0.15) is 79.1 Å². The summed E-state index contributed by atoms with van der Waals surface area (Å²) in [6.45, 7) is 11.9. The van der Waals surface area contributed by atoms with Crippen LogP contribution in [0.25, 0.3) is 0 Å². The van der Waals surface area contributed by atoms with Gasteiger partial charge in [0.1, 0.15) is 12.1 Å². The molecule has 5 amide bonds. The minimum Gasteiger partial charge on any atom is -0.353 e. The number of ketones is 1. The van der Waals surface area contributed by atoms with E-state index in [0.717, 1.165) is 30.0 Å². The third-order valence-corrected chi connectivity index (χ3v) is 12.8. The molecule has 2 saturated carbocycles. The molecule has 1 saturated heterocycles. The van der Waals surface area contributed by atoms with E-state index in [2.05, 4.69) is 46.7 Å². The van der Waals surface area contributed by atoms with E-state index in [4.69, 9.17) is 0 Å². The maximum absolute atomic E-state index is 14.6. The first-order chi connectivity index (χ1) is 24.1. The molecule has 0 bridgehead atoms. The van der Waals surface area contributed by atoms with Crippen LogP contribution in [0.2, 0.25) is 0 Å². The molecule has 0 aromatic carbocycles. The number of Topliss-reactive ketones (excluding diaryl/α,β-unsaturated/α-hetero) is 1. The number of aromatic nitrogens is 1. The predicted octanol–water partition coefficient (Wildman–Crippen LogP) is 2.37. The summed E-state index contributed by atoms with van der Waals surface area (Å²) in [4.78, 5) is 73.0. The molecule has 4 rings (SSSR count). The lowest BCUT2D eigenvalue weighted by Gasteiger charge is -2.37. The highest BCUT2D eigenvalue weighted by Crippen LogP contribution is 2.65. The van der Waals surface area contributed by atoms with Crippen molar-refractivity contribution in [2.75, 3.05) is 27.2 Å². The van der Waals surface area contributed by atoms with Crippen molar-refractivity contribution in [3.8, 4) is 0 Å². The molecule has 1 aliphatic heterocycles. The molecule has 3 aliphatic rings.